The third-order valence-corrected chi connectivity index (χ3v) is 1.00. The van der Waals surface area contributed by atoms with Gasteiger partial charge in [-0.25, -0.2) is 8.42 Å². The fraction of sp³-hybridized carbons (Fsp3) is 0.500. The SMILES string of the molecule is C=CCC([NH3+])CC=C.CS(=O)(=O)[O-]. The van der Waals surface area contributed by atoms with E-state index in [4.69, 9.17) is 13.0 Å². The van der Waals surface area contributed by atoms with E-state index in [2.05, 4.69) is 18.9 Å². The number of hydrogen-bond acceptors (Lipinski definition) is 3. The Labute approximate surface area is 79.9 Å². The average molecular weight is 207 g/mol. The molecule has 0 atom stereocenters. The van der Waals surface area contributed by atoms with Crippen LogP contribution in [0.3, 0.4) is 0 Å². The van der Waals surface area contributed by atoms with E-state index in [1.807, 2.05) is 12.2 Å². The Morgan fingerprint density at radius 3 is 1.77 bits per heavy atom. The molecule has 13 heavy (non-hydrogen) atoms. The Bertz CT molecular complexity index is 216. The number of rotatable bonds is 4. The summed E-state index contributed by atoms with van der Waals surface area (Å²) in [5.74, 6) is 0. The Morgan fingerprint density at radius 2 is 1.62 bits per heavy atom. The summed E-state index contributed by atoms with van der Waals surface area (Å²) in [6, 6.07) is 0.477. The van der Waals surface area contributed by atoms with E-state index in [-0.39, 0.29) is 0 Å². The van der Waals surface area contributed by atoms with E-state index < -0.39 is 10.1 Å². The van der Waals surface area contributed by atoms with Gasteiger partial charge in [-0.2, -0.15) is 0 Å². The Morgan fingerprint density at radius 1 is 1.38 bits per heavy atom. The summed E-state index contributed by atoms with van der Waals surface area (Å²) in [6.07, 6.45) is 6.37. The first kappa shape index (κ1) is 14.9. The molecule has 0 fully saturated rings. The molecule has 3 N–H and O–H groups in total. The van der Waals surface area contributed by atoms with Crippen molar-refractivity contribution < 1.29 is 18.7 Å². The highest BCUT2D eigenvalue weighted by Gasteiger charge is 1.96. The average Bonchev–Trinajstić information content (AvgIpc) is 1.84. The maximum Gasteiger partial charge on any atom is 0.0916 e. The van der Waals surface area contributed by atoms with Gasteiger partial charge in [0.2, 0.25) is 0 Å². The molecule has 0 saturated carbocycles. The molecule has 0 aromatic carbocycles. The molecule has 0 saturated heterocycles. The van der Waals surface area contributed by atoms with Gasteiger partial charge in [-0.3, -0.25) is 0 Å². The highest BCUT2D eigenvalue weighted by atomic mass is 32.2. The highest BCUT2D eigenvalue weighted by Crippen LogP contribution is 1.91. The van der Waals surface area contributed by atoms with Crippen molar-refractivity contribution in [3.63, 3.8) is 0 Å². The molecular weight excluding hydrogens is 190 g/mol. The van der Waals surface area contributed by atoms with Gasteiger partial charge in [0.15, 0.2) is 0 Å². The Hall–Kier alpha value is -0.650. The van der Waals surface area contributed by atoms with Crippen molar-refractivity contribution in [3.05, 3.63) is 25.3 Å². The molecule has 0 aromatic rings. The smallest absolute Gasteiger partial charge is 0.0916 e. The van der Waals surface area contributed by atoms with Crippen LogP contribution in [0.2, 0.25) is 0 Å². The van der Waals surface area contributed by atoms with E-state index >= 15 is 0 Å². The molecular formula is C8H17NO3S. The first-order chi connectivity index (χ1) is 5.81. The molecule has 0 amide bonds. The zero-order chi connectivity index (χ0) is 10.9. The van der Waals surface area contributed by atoms with Crippen molar-refractivity contribution in [3.8, 4) is 0 Å². The van der Waals surface area contributed by atoms with Crippen molar-refractivity contribution in [1.29, 1.82) is 0 Å². The van der Waals surface area contributed by atoms with E-state index in [0.717, 1.165) is 12.8 Å². The number of hydrogen-bond donors (Lipinski definition) is 1. The van der Waals surface area contributed by atoms with Gasteiger partial charge < -0.3 is 10.3 Å². The molecule has 0 radical (unpaired) electrons. The summed E-state index contributed by atoms with van der Waals surface area (Å²) >= 11 is 0. The minimum absolute atomic E-state index is 0.477. The van der Waals surface area contributed by atoms with Crippen molar-refractivity contribution in [2.45, 2.75) is 18.9 Å². The van der Waals surface area contributed by atoms with Gasteiger partial charge in [-0.1, -0.05) is 12.2 Å². The molecule has 0 aromatic heterocycles. The first-order valence-electron chi connectivity index (χ1n) is 3.77. The van der Waals surface area contributed by atoms with Crippen molar-refractivity contribution in [2.24, 2.45) is 0 Å². The summed E-state index contributed by atoms with van der Waals surface area (Å²) in [5.41, 5.74) is 3.88. The summed E-state index contributed by atoms with van der Waals surface area (Å²) in [6.45, 7) is 7.22. The molecule has 0 aliphatic carbocycles. The fourth-order valence-electron chi connectivity index (χ4n) is 0.568. The minimum Gasteiger partial charge on any atom is -0.748 e. The zero-order valence-electron chi connectivity index (χ0n) is 7.90. The second-order valence-corrected chi connectivity index (χ2v) is 4.03. The molecule has 5 heteroatoms. The lowest BCUT2D eigenvalue weighted by Crippen LogP contribution is -2.60. The Balaban J connectivity index is 0. The van der Waals surface area contributed by atoms with Gasteiger partial charge in [-0.05, 0) is 0 Å². The van der Waals surface area contributed by atoms with Crippen LogP contribution in [-0.4, -0.2) is 25.3 Å². The summed E-state index contributed by atoms with van der Waals surface area (Å²) in [4.78, 5) is 0. The second kappa shape index (κ2) is 7.97. The summed E-state index contributed by atoms with van der Waals surface area (Å²) in [7, 11) is -3.92. The van der Waals surface area contributed by atoms with Crippen molar-refractivity contribution >= 4 is 10.1 Å². The van der Waals surface area contributed by atoms with Gasteiger partial charge in [0.05, 0.1) is 16.2 Å². The van der Waals surface area contributed by atoms with E-state index in [0.29, 0.717) is 12.3 Å². The van der Waals surface area contributed by atoms with Crippen LogP contribution in [0.4, 0.5) is 0 Å². The van der Waals surface area contributed by atoms with Crippen LogP contribution in [-0.2, 0) is 10.1 Å². The molecule has 0 unspecified atom stereocenters. The van der Waals surface area contributed by atoms with Crippen molar-refractivity contribution in [2.75, 3.05) is 6.26 Å². The van der Waals surface area contributed by atoms with Gasteiger partial charge in [0.1, 0.15) is 0 Å². The number of quaternary nitrogens is 1. The molecule has 0 heterocycles. The summed E-state index contributed by atoms with van der Waals surface area (Å²) < 4.78 is 27.2. The van der Waals surface area contributed by atoms with Crippen LogP contribution < -0.4 is 5.73 Å². The van der Waals surface area contributed by atoms with Gasteiger partial charge in [0.25, 0.3) is 0 Å². The molecule has 0 aliphatic rings. The Kier molecular flexibility index (Phi) is 9.11. The summed E-state index contributed by atoms with van der Waals surface area (Å²) in [5, 5.41) is 0. The molecule has 0 rings (SSSR count). The third-order valence-electron chi connectivity index (χ3n) is 1.00. The molecule has 0 bridgehead atoms. The minimum atomic E-state index is -3.92. The van der Waals surface area contributed by atoms with E-state index in [9.17, 15) is 0 Å². The normalized spacial score (nSPS) is 10.2. The largest absolute Gasteiger partial charge is 0.748 e. The van der Waals surface area contributed by atoms with Crippen molar-refractivity contribution in [1.82, 2.24) is 0 Å². The van der Waals surface area contributed by atoms with Crippen LogP contribution in [0.15, 0.2) is 25.3 Å². The molecule has 0 aliphatic heterocycles. The van der Waals surface area contributed by atoms with Crippen LogP contribution in [0.5, 0.6) is 0 Å². The maximum absolute atomic E-state index is 9.08. The van der Waals surface area contributed by atoms with E-state index in [1.165, 1.54) is 0 Å². The first-order valence-corrected chi connectivity index (χ1v) is 5.58. The van der Waals surface area contributed by atoms with Crippen LogP contribution >= 0.6 is 0 Å². The molecule has 0 spiro atoms. The van der Waals surface area contributed by atoms with E-state index in [1.54, 1.807) is 0 Å². The highest BCUT2D eigenvalue weighted by molar-refractivity contribution is 7.84. The predicted octanol–water partition coefficient (Wildman–Crippen LogP) is -0.0895. The fourth-order valence-corrected chi connectivity index (χ4v) is 0.568. The molecule has 4 nitrogen and oxygen atoms in total. The van der Waals surface area contributed by atoms with Crippen LogP contribution in [0.1, 0.15) is 12.8 Å². The van der Waals surface area contributed by atoms with Crippen LogP contribution in [0.25, 0.3) is 0 Å². The maximum atomic E-state index is 9.08. The quantitative estimate of drug-likeness (QED) is 0.516. The predicted molar refractivity (Wildman–Crippen MR) is 51.9 cm³/mol. The second-order valence-electron chi connectivity index (χ2n) is 2.62. The van der Waals surface area contributed by atoms with Gasteiger partial charge in [0, 0.05) is 19.1 Å². The third kappa shape index (κ3) is 34.7. The topological polar surface area (TPSA) is 84.8 Å². The lowest BCUT2D eigenvalue weighted by molar-refractivity contribution is -0.417. The monoisotopic (exact) mass is 207 g/mol. The zero-order valence-corrected chi connectivity index (χ0v) is 8.72. The van der Waals surface area contributed by atoms with Gasteiger partial charge >= 0.3 is 0 Å². The molecule has 78 valence electrons. The lowest BCUT2D eigenvalue weighted by atomic mass is 10.1. The lowest BCUT2D eigenvalue weighted by Gasteiger charge is -1.98. The van der Waals surface area contributed by atoms with Gasteiger partial charge in [-0.15, -0.1) is 13.2 Å². The standard InChI is InChI=1S/C7H13N.CH4O3S/c1-3-5-7(8)6-4-2;1-5(2,3)4/h3-4,7H,1-2,5-6,8H2;1H3,(H,2,3,4). The van der Waals surface area contributed by atoms with Crippen LogP contribution in [0, 0.1) is 0 Å².